The highest BCUT2D eigenvalue weighted by molar-refractivity contribution is 5.76. The Kier molecular flexibility index (Phi) is 6.17. The zero-order chi connectivity index (χ0) is 13.6. The fourth-order valence-corrected chi connectivity index (χ4v) is 2.87. The molecule has 0 heterocycles. The number of rotatable bonds is 6. The molecule has 1 saturated carbocycles. The van der Waals surface area contributed by atoms with Crippen molar-refractivity contribution in [1.82, 2.24) is 0 Å². The van der Waals surface area contributed by atoms with E-state index in [1.807, 2.05) is 6.92 Å². The summed E-state index contributed by atoms with van der Waals surface area (Å²) in [7, 11) is 0. The standard InChI is InChI=1S/C16H30O2/c1-5-16(4,15(17)18-6-2)12-11-14-9-7-13(3)8-10-14/h13-14H,5-12H2,1-4H3. The second kappa shape index (κ2) is 7.16. The molecule has 0 saturated heterocycles. The van der Waals surface area contributed by atoms with Crippen LogP contribution in [-0.2, 0) is 9.53 Å². The molecule has 0 aromatic rings. The Morgan fingerprint density at radius 3 is 2.33 bits per heavy atom. The number of carbonyl (C=O) groups is 1. The van der Waals surface area contributed by atoms with E-state index in [1.165, 1.54) is 32.1 Å². The first kappa shape index (κ1) is 15.5. The third-order valence-corrected chi connectivity index (χ3v) is 4.79. The van der Waals surface area contributed by atoms with E-state index >= 15 is 0 Å². The number of hydrogen-bond donors (Lipinski definition) is 0. The van der Waals surface area contributed by atoms with Gasteiger partial charge in [0, 0.05) is 0 Å². The van der Waals surface area contributed by atoms with Crippen molar-refractivity contribution in [2.24, 2.45) is 17.3 Å². The Balaban J connectivity index is 2.41. The second-order valence-electron chi connectivity index (χ2n) is 6.30. The predicted octanol–water partition coefficient (Wildman–Crippen LogP) is 4.57. The Morgan fingerprint density at radius 2 is 1.83 bits per heavy atom. The molecule has 0 amide bonds. The third kappa shape index (κ3) is 4.29. The van der Waals surface area contributed by atoms with Gasteiger partial charge in [0.15, 0.2) is 0 Å². The van der Waals surface area contributed by atoms with Gasteiger partial charge in [-0.15, -0.1) is 0 Å². The summed E-state index contributed by atoms with van der Waals surface area (Å²) in [6.07, 6.45) is 8.50. The van der Waals surface area contributed by atoms with E-state index in [1.54, 1.807) is 0 Å². The van der Waals surface area contributed by atoms with Gasteiger partial charge in [-0.1, -0.05) is 39.5 Å². The molecule has 0 N–H and O–H groups in total. The molecule has 0 aromatic heterocycles. The topological polar surface area (TPSA) is 26.3 Å². The summed E-state index contributed by atoms with van der Waals surface area (Å²) < 4.78 is 5.22. The summed E-state index contributed by atoms with van der Waals surface area (Å²) >= 11 is 0. The maximum absolute atomic E-state index is 12.0. The minimum atomic E-state index is -0.265. The maximum atomic E-state index is 12.0. The highest BCUT2D eigenvalue weighted by atomic mass is 16.5. The fourth-order valence-electron chi connectivity index (χ4n) is 2.87. The largest absolute Gasteiger partial charge is 0.466 e. The number of carbonyl (C=O) groups excluding carboxylic acids is 1. The van der Waals surface area contributed by atoms with E-state index in [4.69, 9.17) is 4.74 Å². The lowest BCUT2D eigenvalue weighted by atomic mass is 9.75. The first-order chi connectivity index (χ1) is 8.51. The predicted molar refractivity (Wildman–Crippen MR) is 75.4 cm³/mol. The third-order valence-electron chi connectivity index (χ3n) is 4.79. The summed E-state index contributed by atoms with van der Waals surface area (Å²) in [5.74, 6) is 1.74. The molecule has 2 heteroatoms. The molecule has 1 atom stereocenters. The molecule has 106 valence electrons. The van der Waals surface area contributed by atoms with Crippen molar-refractivity contribution < 1.29 is 9.53 Å². The van der Waals surface area contributed by atoms with Crippen LogP contribution in [0.25, 0.3) is 0 Å². The summed E-state index contributed by atoms with van der Waals surface area (Å²) in [5, 5.41) is 0. The molecule has 1 unspecified atom stereocenters. The molecule has 0 aliphatic heterocycles. The molecule has 1 aliphatic carbocycles. The Morgan fingerprint density at radius 1 is 1.22 bits per heavy atom. The van der Waals surface area contributed by atoms with Gasteiger partial charge in [-0.2, -0.15) is 0 Å². The minimum Gasteiger partial charge on any atom is -0.466 e. The zero-order valence-electron chi connectivity index (χ0n) is 12.6. The van der Waals surface area contributed by atoms with Gasteiger partial charge < -0.3 is 4.74 Å². The van der Waals surface area contributed by atoms with Crippen molar-refractivity contribution in [3.05, 3.63) is 0 Å². The molecule has 1 aliphatic rings. The van der Waals surface area contributed by atoms with Crippen molar-refractivity contribution in [1.29, 1.82) is 0 Å². The molecule has 0 spiro atoms. The van der Waals surface area contributed by atoms with Crippen LogP contribution in [0.15, 0.2) is 0 Å². The van der Waals surface area contributed by atoms with Crippen LogP contribution in [0.4, 0.5) is 0 Å². The molecule has 18 heavy (non-hydrogen) atoms. The number of hydrogen-bond acceptors (Lipinski definition) is 2. The zero-order valence-corrected chi connectivity index (χ0v) is 12.6. The molecule has 0 bridgehead atoms. The van der Waals surface area contributed by atoms with E-state index in [0.29, 0.717) is 6.61 Å². The van der Waals surface area contributed by atoms with E-state index in [9.17, 15) is 4.79 Å². The monoisotopic (exact) mass is 254 g/mol. The summed E-state index contributed by atoms with van der Waals surface area (Å²) in [6, 6.07) is 0. The number of esters is 1. The van der Waals surface area contributed by atoms with Crippen LogP contribution in [0.1, 0.15) is 72.6 Å². The quantitative estimate of drug-likeness (QED) is 0.649. The van der Waals surface area contributed by atoms with Crippen molar-refractivity contribution in [3.8, 4) is 0 Å². The number of ether oxygens (including phenoxy) is 1. The van der Waals surface area contributed by atoms with Gasteiger partial charge in [0.25, 0.3) is 0 Å². The summed E-state index contributed by atoms with van der Waals surface area (Å²) in [5.41, 5.74) is -0.265. The second-order valence-corrected chi connectivity index (χ2v) is 6.30. The smallest absolute Gasteiger partial charge is 0.311 e. The van der Waals surface area contributed by atoms with E-state index in [-0.39, 0.29) is 11.4 Å². The van der Waals surface area contributed by atoms with Crippen molar-refractivity contribution in [3.63, 3.8) is 0 Å². The first-order valence-electron chi connectivity index (χ1n) is 7.69. The lowest BCUT2D eigenvalue weighted by Crippen LogP contribution is -2.30. The van der Waals surface area contributed by atoms with E-state index in [0.717, 1.165) is 24.7 Å². The average molecular weight is 254 g/mol. The SMILES string of the molecule is CCOC(=O)C(C)(CC)CCC1CCC(C)CC1. The van der Waals surface area contributed by atoms with Crippen LogP contribution in [0.3, 0.4) is 0 Å². The molecular weight excluding hydrogens is 224 g/mol. The van der Waals surface area contributed by atoms with E-state index in [2.05, 4.69) is 20.8 Å². The van der Waals surface area contributed by atoms with Gasteiger partial charge in [-0.25, -0.2) is 0 Å². The highest BCUT2D eigenvalue weighted by Crippen LogP contribution is 2.36. The summed E-state index contributed by atoms with van der Waals surface area (Å²) in [4.78, 5) is 12.0. The highest BCUT2D eigenvalue weighted by Gasteiger charge is 2.33. The lowest BCUT2D eigenvalue weighted by molar-refractivity contribution is -0.155. The van der Waals surface area contributed by atoms with Gasteiger partial charge in [0.05, 0.1) is 12.0 Å². The Labute approximate surface area is 112 Å². The molecule has 1 fully saturated rings. The van der Waals surface area contributed by atoms with Gasteiger partial charge in [-0.3, -0.25) is 4.79 Å². The average Bonchev–Trinajstić information content (AvgIpc) is 2.38. The van der Waals surface area contributed by atoms with Crippen LogP contribution in [0.2, 0.25) is 0 Å². The van der Waals surface area contributed by atoms with Gasteiger partial charge in [0.1, 0.15) is 0 Å². The first-order valence-corrected chi connectivity index (χ1v) is 7.69. The molecular formula is C16H30O2. The molecule has 0 aromatic carbocycles. The van der Waals surface area contributed by atoms with Gasteiger partial charge in [0.2, 0.25) is 0 Å². The van der Waals surface area contributed by atoms with Gasteiger partial charge in [-0.05, 0) is 44.9 Å². The Hall–Kier alpha value is -0.530. The molecule has 1 rings (SSSR count). The van der Waals surface area contributed by atoms with E-state index < -0.39 is 0 Å². The summed E-state index contributed by atoms with van der Waals surface area (Å²) in [6.45, 7) is 8.90. The fraction of sp³-hybridized carbons (Fsp3) is 0.938. The molecule has 0 radical (unpaired) electrons. The van der Waals surface area contributed by atoms with Crippen LogP contribution in [0.5, 0.6) is 0 Å². The maximum Gasteiger partial charge on any atom is 0.311 e. The lowest BCUT2D eigenvalue weighted by Gasteiger charge is -2.30. The molecule has 2 nitrogen and oxygen atoms in total. The van der Waals surface area contributed by atoms with Gasteiger partial charge >= 0.3 is 5.97 Å². The Bertz CT molecular complexity index is 254. The van der Waals surface area contributed by atoms with Crippen molar-refractivity contribution >= 4 is 5.97 Å². The van der Waals surface area contributed by atoms with Crippen LogP contribution in [0, 0.1) is 17.3 Å². The van der Waals surface area contributed by atoms with Crippen molar-refractivity contribution in [2.45, 2.75) is 72.6 Å². The minimum absolute atomic E-state index is 0.00308. The van der Waals surface area contributed by atoms with Crippen LogP contribution >= 0.6 is 0 Å². The van der Waals surface area contributed by atoms with Crippen LogP contribution < -0.4 is 0 Å². The van der Waals surface area contributed by atoms with Crippen LogP contribution in [-0.4, -0.2) is 12.6 Å². The normalized spacial score (nSPS) is 27.6. The van der Waals surface area contributed by atoms with Crippen molar-refractivity contribution in [2.75, 3.05) is 6.61 Å².